The summed E-state index contributed by atoms with van der Waals surface area (Å²) < 4.78 is 5.42. The highest BCUT2D eigenvalue weighted by atomic mass is 16.5. The first-order chi connectivity index (χ1) is 9.06. The highest BCUT2D eigenvalue weighted by molar-refractivity contribution is 5.81. The van der Waals surface area contributed by atoms with E-state index in [1.165, 1.54) is 0 Å². The number of hydrogen-bond acceptors (Lipinski definition) is 3. The zero-order valence-electron chi connectivity index (χ0n) is 11.7. The number of aliphatic carboxylic acids is 1. The molecule has 0 fully saturated rings. The van der Waals surface area contributed by atoms with Gasteiger partial charge in [-0.1, -0.05) is 36.8 Å². The number of nitrogens with two attached hydrogens (primary N) is 1. The van der Waals surface area contributed by atoms with Crippen LogP contribution in [0.2, 0.25) is 0 Å². The number of benzene rings is 1. The molecule has 106 valence electrons. The summed E-state index contributed by atoms with van der Waals surface area (Å²) in [6, 6.07) is 7.53. The average Bonchev–Trinajstić information content (AvgIpc) is 2.39. The van der Waals surface area contributed by atoms with E-state index in [9.17, 15) is 9.90 Å². The molecule has 0 aliphatic heterocycles. The predicted octanol–water partition coefficient (Wildman–Crippen LogP) is 2.09. The third-order valence-corrected chi connectivity index (χ3v) is 3.35. The Kier molecular flexibility index (Phi) is 5.99. The van der Waals surface area contributed by atoms with Crippen molar-refractivity contribution in [3.63, 3.8) is 0 Å². The minimum atomic E-state index is -1.06. The Morgan fingerprint density at radius 1 is 1.42 bits per heavy atom. The van der Waals surface area contributed by atoms with Crippen molar-refractivity contribution < 1.29 is 14.6 Å². The minimum absolute atomic E-state index is 0.0707. The van der Waals surface area contributed by atoms with Gasteiger partial charge < -0.3 is 15.6 Å². The molecule has 1 unspecified atom stereocenters. The molecule has 4 heteroatoms. The summed E-state index contributed by atoms with van der Waals surface area (Å²) in [6.07, 6.45) is 1.31. The van der Waals surface area contributed by atoms with Gasteiger partial charge in [0.25, 0.3) is 0 Å². The molecule has 19 heavy (non-hydrogen) atoms. The van der Waals surface area contributed by atoms with Crippen LogP contribution in [0.1, 0.15) is 30.9 Å². The topological polar surface area (TPSA) is 72.5 Å². The highest BCUT2D eigenvalue weighted by Crippen LogP contribution is 2.28. The van der Waals surface area contributed by atoms with Gasteiger partial charge in [-0.25, -0.2) is 0 Å². The molecular weight excluding hydrogens is 242 g/mol. The molecule has 1 rings (SSSR count). The third kappa shape index (κ3) is 3.78. The van der Waals surface area contributed by atoms with Crippen molar-refractivity contribution in [2.24, 2.45) is 5.73 Å². The quantitative estimate of drug-likeness (QED) is 0.706. The van der Waals surface area contributed by atoms with Crippen LogP contribution < -0.4 is 5.73 Å². The molecule has 0 saturated heterocycles. The standard InChI is InChI=1S/C15H23NO3/c1-3-8-19-9-7-15(11-16,14(17)18)13-6-4-5-12(2)10-13/h4-6,10H,3,7-9,11,16H2,1-2H3,(H,17,18). The molecule has 0 amide bonds. The molecular formula is C15H23NO3. The molecule has 0 radical (unpaired) electrons. The smallest absolute Gasteiger partial charge is 0.315 e. The second-order valence-corrected chi connectivity index (χ2v) is 4.82. The lowest BCUT2D eigenvalue weighted by Crippen LogP contribution is -2.44. The average molecular weight is 265 g/mol. The van der Waals surface area contributed by atoms with Gasteiger partial charge in [-0.3, -0.25) is 4.79 Å². The van der Waals surface area contributed by atoms with Gasteiger partial charge in [-0.2, -0.15) is 0 Å². The maximum atomic E-state index is 11.7. The van der Waals surface area contributed by atoms with Gasteiger partial charge in [0.05, 0.1) is 0 Å². The molecule has 0 heterocycles. The van der Waals surface area contributed by atoms with Gasteiger partial charge in [0.1, 0.15) is 5.41 Å². The minimum Gasteiger partial charge on any atom is -0.481 e. The summed E-state index contributed by atoms with van der Waals surface area (Å²) in [5, 5.41) is 9.59. The van der Waals surface area contributed by atoms with Crippen LogP contribution in [0.5, 0.6) is 0 Å². The van der Waals surface area contributed by atoms with Gasteiger partial charge >= 0.3 is 5.97 Å². The molecule has 1 aromatic carbocycles. The van der Waals surface area contributed by atoms with Crippen LogP contribution in [0, 0.1) is 6.92 Å². The lowest BCUT2D eigenvalue weighted by atomic mass is 9.77. The normalized spacial score (nSPS) is 14.1. The fourth-order valence-electron chi connectivity index (χ4n) is 2.12. The number of aryl methyl sites for hydroxylation is 1. The molecule has 0 aliphatic rings. The Labute approximate surface area is 114 Å². The Morgan fingerprint density at radius 2 is 2.16 bits per heavy atom. The van der Waals surface area contributed by atoms with Crippen LogP contribution in [-0.4, -0.2) is 30.8 Å². The van der Waals surface area contributed by atoms with Crippen molar-refractivity contribution in [1.82, 2.24) is 0 Å². The van der Waals surface area contributed by atoms with Gasteiger partial charge in [0.15, 0.2) is 0 Å². The number of ether oxygens (including phenoxy) is 1. The first kappa shape index (κ1) is 15.7. The van der Waals surface area contributed by atoms with Crippen LogP contribution in [-0.2, 0) is 14.9 Å². The van der Waals surface area contributed by atoms with Gasteiger partial charge in [0, 0.05) is 19.8 Å². The molecule has 4 nitrogen and oxygen atoms in total. The largest absolute Gasteiger partial charge is 0.481 e. The van der Waals surface area contributed by atoms with Crippen LogP contribution in [0.15, 0.2) is 24.3 Å². The van der Waals surface area contributed by atoms with Crippen molar-refractivity contribution in [1.29, 1.82) is 0 Å². The molecule has 3 N–H and O–H groups in total. The van der Waals surface area contributed by atoms with Gasteiger partial charge in [0.2, 0.25) is 0 Å². The molecule has 0 saturated carbocycles. The lowest BCUT2D eigenvalue weighted by molar-refractivity contribution is -0.144. The number of hydrogen-bond donors (Lipinski definition) is 2. The summed E-state index contributed by atoms with van der Waals surface area (Å²) in [5.74, 6) is -0.888. The van der Waals surface area contributed by atoms with E-state index in [0.717, 1.165) is 17.5 Å². The summed E-state index contributed by atoms with van der Waals surface area (Å²) in [7, 11) is 0. The summed E-state index contributed by atoms with van der Waals surface area (Å²) in [5.41, 5.74) is 6.50. The Hall–Kier alpha value is -1.39. The van der Waals surface area contributed by atoms with E-state index >= 15 is 0 Å². The SMILES string of the molecule is CCCOCCC(CN)(C(=O)O)c1cccc(C)c1. The maximum Gasteiger partial charge on any atom is 0.315 e. The number of carbonyl (C=O) groups is 1. The monoisotopic (exact) mass is 265 g/mol. The van der Waals surface area contributed by atoms with Crippen LogP contribution >= 0.6 is 0 Å². The Balaban J connectivity index is 2.95. The molecule has 0 aliphatic carbocycles. The van der Waals surface area contributed by atoms with E-state index in [4.69, 9.17) is 10.5 Å². The molecule has 0 aromatic heterocycles. The first-order valence-corrected chi connectivity index (χ1v) is 6.65. The fraction of sp³-hybridized carbons (Fsp3) is 0.533. The zero-order chi connectivity index (χ0) is 14.3. The fourth-order valence-corrected chi connectivity index (χ4v) is 2.12. The van der Waals surface area contributed by atoms with Gasteiger partial charge in [-0.15, -0.1) is 0 Å². The van der Waals surface area contributed by atoms with Crippen molar-refractivity contribution in [2.45, 2.75) is 32.1 Å². The maximum absolute atomic E-state index is 11.7. The van der Waals surface area contributed by atoms with E-state index in [2.05, 4.69) is 0 Å². The first-order valence-electron chi connectivity index (χ1n) is 6.65. The van der Waals surface area contributed by atoms with Crippen LogP contribution in [0.3, 0.4) is 0 Å². The summed E-state index contributed by atoms with van der Waals surface area (Å²) >= 11 is 0. The van der Waals surface area contributed by atoms with Crippen LogP contribution in [0.25, 0.3) is 0 Å². The summed E-state index contributed by atoms with van der Waals surface area (Å²) in [6.45, 7) is 5.09. The van der Waals surface area contributed by atoms with Gasteiger partial charge in [-0.05, 0) is 25.3 Å². The van der Waals surface area contributed by atoms with E-state index in [0.29, 0.717) is 19.6 Å². The summed E-state index contributed by atoms with van der Waals surface area (Å²) in [4.78, 5) is 11.7. The number of rotatable bonds is 8. The number of carboxylic acid groups (broad SMARTS) is 1. The molecule has 1 atom stereocenters. The van der Waals surface area contributed by atoms with Crippen molar-refractivity contribution in [3.8, 4) is 0 Å². The second kappa shape index (κ2) is 7.26. The Morgan fingerprint density at radius 3 is 2.68 bits per heavy atom. The van der Waals surface area contributed by atoms with E-state index in [1.807, 2.05) is 38.1 Å². The molecule has 0 spiro atoms. The number of carboxylic acids is 1. The molecule has 1 aromatic rings. The zero-order valence-corrected chi connectivity index (χ0v) is 11.7. The van der Waals surface area contributed by atoms with E-state index in [1.54, 1.807) is 0 Å². The highest BCUT2D eigenvalue weighted by Gasteiger charge is 2.38. The third-order valence-electron chi connectivity index (χ3n) is 3.35. The van der Waals surface area contributed by atoms with Crippen molar-refractivity contribution in [3.05, 3.63) is 35.4 Å². The molecule has 0 bridgehead atoms. The van der Waals surface area contributed by atoms with Crippen molar-refractivity contribution >= 4 is 5.97 Å². The predicted molar refractivity (Wildman–Crippen MR) is 75.3 cm³/mol. The van der Waals surface area contributed by atoms with Crippen molar-refractivity contribution in [2.75, 3.05) is 19.8 Å². The Bertz CT molecular complexity index is 420. The van der Waals surface area contributed by atoms with E-state index in [-0.39, 0.29) is 6.54 Å². The van der Waals surface area contributed by atoms with Crippen LogP contribution in [0.4, 0.5) is 0 Å². The second-order valence-electron chi connectivity index (χ2n) is 4.82. The van der Waals surface area contributed by atoms with E-state index < -0.39 is 11.4 Å². The lowest BCUT2D eigenvalue weighted by Gasteiger charge is -2.28.